The van der Waals surface area contributed by atoms with Crippen LogP contribution in [0.25, 0.3) is 0 Å². The highest BCUT2D eigenvalue weighted by atomic mass is 16.5. The molecule has 0 N–H and O–H groups in total. The smallest absolute Gasteiger partial charge is 0.0677 e. The Morgan fingerprint density at radius 2 is 2.06 bits per heavy atom. The molecular weight excluding hydrogens is 196 g/mol. The number of ether oxygens (including phenoxy) is 1. The summed E-state index contributed by atoms with van der Waals surface area (Å²) in [7, 11) is 1.82. The molecular formula is C15H20O. The van der Waals surface area contributed by atoms with Gasteiger partial charge in [0.2, 0.25) is 0 Å². The van der Waals surface area contributed by atoms with E-state index in [4.69, 9.17) is 4.74 Å². The monoisotopic (exact) mass is 216 g/mol. The molecule has 1 heteroatoms. The van der Waals surface area contributed by atoms with Crippen molar-refractivity contribution in [2.45, 2.75) is 38.7 Å². The highest BCUT2D eigenvalue weighted by Crippen LogP contribution is 2.34. The number of methoxy groups -OCH3 is 1. The van der Waals surface area contributed by atoms with Crippen LogP contribution >= 0.6 is 0 Å². The average Bonchev–Trinajstić information content (AvgIpc) is 2.29. The van der Waals surface area contributed by atoms with Crippen molar-refractivity contribution in [3.63, 3.8) is 0 Å². The van der Waals surface area contributed by atoms with Crippen LogP contribution in [0.1, 0.15) is 37.3 Å². The second-order valence-electron chi connectivity index (χ2n) is 4.78. The summed E-state index contributed by atoms with van der Waals surface area (Å²) in [6, 6.07) is 8.74. The van der Waals surface area contributed by atoms with Gasteiger partial charge in [0.05, 0.1) is 6.10 Å². The molecule has 0 heterocycles. The minimum Gasteiger partial charge on any atom is -0.380 e. The van der Waals surface area contributed by atoms with Crippen molar-refractivity contribution < 1.29 is 4.74 Å². The molecule has 1 aromatic carbocycles. The van der Waals surface area contributed by atoms with E-state index in [0.29, 0.717) is 12.0 Å². The van der Waals surface area contributed by atoms with Gasteiger partial charge in [-0.2, -0.15) is 0 Å². The van der Waals surface area contributed by atoms with Gasteiger partial charge in [0.1, 0.15) is 0 Å². The number of hydrogen-bond acceptors (Lipinski definition) is 1. The molecule has 0 aromatic heterocycles. The van der Waals surface area contributed by atoms with E-state index in [1.165, 1.54) is 16.7 Å². The van der Waals surface area contributed by atoms with E-state index in [-0.39, 0.29) is 0 Å². The highest BCUT2D eigenvalue weighted by molar-refractivity contribution is 5.37. The van der Waals surface area contributed by atoms with Crippen LogP contribution in [0.2, 0.25) is 0 Å². The van der Waals surface area contributed by atoms with Crippen LogP contribution < -0.4 is 0 Å². The predicted molar refractivity (Wildman–Crippen MR) is 67.7 cm³/mol. The first-order valence-electron chi connectivity index (χ1n) is 5.98. The quantitative estimate of drug-likeness (QED) is 0.685. The zero-order valence-electron chi connectivity index (χ0n) is 10.4. The maximum atomic E-state index is 5.62. The van der Waals surface area contributed by atoms with Crippen molar-refractivity contribution >= 4 is 0 Å². The fourth-order valence-corrected chi connectivity index (χ4v) is 2.59. The van der Waals surface area contributed by atoms with Gasteiger partial charge >= 0.3 is 0 Å². The lowest BCUT2D eigenvalue weighted by molar-refractivity contribution is 0.0784. The van der Waals surface area contributed by atoms with Gasteiger partial charge < -0.3 is 4.74 Å². The van der Waals surface area contributed by atoms with E-state index < -0.39 is 0 Å². The molecule has 0 saturated carbocycles. The van der Waals surface area contributed by atoms with E-state index in [1.807, 2.05) is 7.11 Å². The van der Waals surface area contributed by atoms with Crippen LogP contribution in [-0.4, -0.2) is 13.2 Å². The molecule has 1 nitrogen and oxygen atoms in total. The summed E-state index contributed by atoms with van der Waals surface area (Å²) >= 11 is 0. The molecule has 2 atom stereocenters. The molecule has 0 fully saturated rings. The van der Waals surface area contributed by atoms with Crippen LogP contribution in [0.15, 0.2) is 35.9 Å². The van der Waals surface area contributed by atoms with Gasteiger partial charge in [0.15, 0.2) is 0 Å². The number of allylic oxidation sites excluding steroid dienone is 1. The minimum atomic E-state index is 0.338. The van der Waals surface area contributed by atoms with E-state index in [2.05, 4.69) is 44.2 Å². The third-order valence-corrected chi connectivity index (χ3v) is 3.33. The Morgan fingerprint density at radius 1 is 1.31 bits per heavy atom. The first kappa shape index (κ1) is 11.4. The standard InChI is InChI=1S/C15H20O/c1-11(2)10-14-13-7-5-4-6-12(13)8-9-15(14)16-3/h4-7,10,14-15H,8-9H2,1-3H3. The summed E-state index contributed by atoms with van der Waals surface area (Å²) in [4.78, 5) is 0. The molecule has 2 rings (SSSR count). The first-order chi connectivity index (χ1) is 7.72. The predicted octanol–water partition coefficient (Wildman–Crippen LogP) is 3.70. The number of hydrogen-bond donors (Lipinski definition) is 0. The molecule has 0 aliphatic heterocycles. The lowest BCUT2D eigenvalue weighted by Crippen LogP contribution is -2.26. The molecule has 1 aromatic rings. The lowest BCUT2D eigenvalue weighted by Gasteiger charge is -2.31. The average molecular weight is 216 g/mol. The third kappa shape index (κ3) is 2.19. The molecule has 0 amide bonds. The second kappa shape index (κ2) is 4.84. The second-order valence-corrected chi connectivity index (χ2v) is 4.78. The van der Waals surface area contributed by atoms with Gasteiger partial charge in [-0.05, 0) is 37.8 Å². The van der Waals surface area contributed by atoms with Gasteiger partial charge in [-0.3, -0.25) is 0 Å². The Kier molecular flexibility index (Phi) is 3.45. The zero-order valence-corrected chi connectivity index (χ0v) is 10.4. The van der Waals surface area contributed by atoms with Crippen molar-refractivity contribution in [1.29, 1.82) is 0 Å². The molecule has 1 aliphatic carbocycles. The molecule has 16 heavy (non-hydrogen) atoms. The molecule has 2 unspecified atom stereocenters. The normalized spacial score (nSPS) is 23.7. The van der Waals surface area contributed by atoms with Crippen molar-refractivity contribution in [3.8, 4) is 0 Å². The fourth-order valence-electron chi connectivity index (χ4n) is 2.59. The molecule has 0 spiro atoms. The van der Waals surface area contributed by atoms with E-state index in [9.17, 15) is 0 Å². The van der Waals surface area contributed by atoms with Gasteiger partial charge in [-0.25, -0.2) is 0 Å². The minimum absolute atomic E-state index is 0.338. The summed E-state index contributed by atoms with van der Waals surface area (Å²) < 4.78 is 5.62. The van der Waals surface area contributed by atoms with Crippen molar-refractivity contribution in [2.24, 2.45) is 0 Å². The number of fused-ring (bicyclic) bond motifs is 1. The molecule has 86 valence electrons. The first-order valence-corrected chi connectivity index (χ1v) is 5.98. The summed E-state index contributed by atoms with van der Waals surface area (Å²) in [5.74, 6) is 0.431. The van der Waals surface area contributed by atoms with Crippen LogP contribution in [0.3, 0.4) is 0 Å². The highest BCUT2D eigenvalue weighted by Gasteiger charge is 2.27. The van der Waals surface area contributed by atoms with Crippen LogP contribution in [0.4, 0.5) is 0 Å². The van der Waals surface area contributed by atoms with Gasteiger partial charge in [-0.15, -0.1) is 0 Å². The Labute approximate surface area is 98.1 Å². The van der Waals surface area contributed by atoms with E-state index >= 15 is 0 Å². The lowest BCUT2D eigenvalue weighted by atomic mass is 9.80. The number of rotatable bonds is 2. The topological polar surface area (TPSA) is 9.23 Å². The summed E-state index contributed by atoms with van der Waals surface area (Å²) in [6.07, 6.45) is 4.94. The largest absolute Gasteiger partial charge is 0.380 e. The molecule has 1 aliphatic rings. The number of aryl methyl sites for hydroxylation is 1. The Morgan fingerprint density at radius 3 is 2.75 bits per heavy atom. The van der Waals surface area contributed by atoms with Crippen LogP contribution in [-0.2, 0) is 11.2 Å². The van der Waals surface area contributed by atoms with Gasteiger partial charge in [0.25, 0.3) is 0 Å². The maximum Gasteiger partial charge on any atom is 0.0677 e. The number of benzene rings is 1. The zero-order chi connectivity index (χ0) is 11.5. The fraction of sp³-hybridized carbons (Fsp3) is 0.467. The summed E-state index contributed by atoms with van der Waals surface area (Å²) in [6.45, 7) is 4.31. The van der Waals surface area contributed by atoms with Crippen molar-refractivity contribution in [2.75, 3.05) is 7.11 Å². The van der Waals surface area contributed by atoms with Crippen molar-refractivity contribution in [1.82, 2.24) is 0 Å². The maximum absolute atomic E-state index is 5.62. The summed E-state index contributed by atoms with van der Waals surface area (Å²) in [5, 5.41) is 0. The Balaban J connectivity index is 2.40. The van der Waals surface area contributed by atoms with Gasteiger partial charge in [0, 0.05) is 13.0 Å². The SMILES string of the molecule is COC1CCc2ccccc2C1C=C(C)C. The third-order valence-electron chi connectivity index (χ3n) is 3.33. The molecule has 0 radical (unpaired) electrons. The Bertz CT molecular complexity index is 388. The van der Waals surface area contributed by atoms with E-state index in [1.54, 1.807) is 0 Å². The van der Waals surface area contributed by atoms with Gasteiger partial charge in [-0.1, -0.05) is 35.9 Å². The Hall–Kier alpha value is -1.08. The van der Waals surface area contributed by atoms with Crippen molar-refractivity contribution in [3.05, 3.63) is 47.0 Å². The molecule has 0 saturated heterocycles. The van der Waals surface area contributed by atoms with Crippen LogP contribution in [0, 0.1) is 0 Å². The van der Waals surface area contributed by atoms with E-state index in [0.717, 1.165) is 12.8 Å². The molecule has 0 bridgehead atoms. The summed E-state index contributed by atoms with van der Waals surface area (Å²) in [5.41, 5.74) is 4.30. The van der Waals surface area contributed by atoms with Crippen LogP contribution in [0.5, 0.6) is 0 Å².